The number of carbonyl (C=O) groups is 2. The molecule has 0 radical (unpaired) electrons. The third-order valence-electron chi connectivity index (χ3n) is 3.98. The highest BCUT2D eigenvalue weighted by Crippen LogP contribution is 2.27. The first-order chi connectivity index (χ1) is 9.66. The Kier molecular flexibility index (Phi) is 6.55. The second-order valence-corrected chi connectivity index (χ2v) is 8.09. The third kappa shape index (κ3) is 4.88. The average Bonchev–Trinajstić information content (AvgIpc) is 2.65. The van der Waals surface area contributed by atoms with Crippen LogP contribution in [0, 0.1) is 5.92 Å². The predicted molar refractivity (Wildman–Crippen MR) is 84.3 cm³/mol. The van der Waals surface area contributed by atoms with E-state index in [0.717, 1.165) is 37.2 Å². The molecule has 2 rings (SSSR count). The summed E-state index contributed by atoms with van der Waals surface area (Å²) in [6, 6.07) is -0.177. The number of nitrogens with one attached hydrogen (secondary N) is 1. The summed E-state index contributed by atoms with van der Waals surface area (Å²) in [4.78, 5) is 23.5. The second-order valence-electron chi connectivity index (χ2n) is 5.53. The molecular formula is C14H23NO3S2. The number of carboxylic acid groups (broad SMARTS) is 1. The van der Waals surface area contributed by atoms with Gasteiger partial charge in [-0.1, -0.05) is 19.3 Å². The Morgan fingerprint density at radius 2 is 1.95 bits per heavy atom. The molecule has 1 aliphatic carbocycles. The molecule has 1 saturated carbocycles. The average molecular weight is 317 g/mol. The Hall–Kier alpha value is -0.360. The molecule has 2 N–H and O–H groups in total. The van der Waals surface area contributed by atoms with Crippen LogP contribution >= 0.6 is 23.5 Å². The van der Waals surface area contributed by atoms with Crippen LogP contribution in [0.25, 0.3) is 0 Å². The van der Waals surface area contributed by atoms with Gasteiger partial charge in [-0.3, -0.25) is 9.59 Å². The lowest BCUT2D eigenvalue weighted by molar-refractivity contribution is -0.143. The normalized spacial score (nSPS) is 31.3. The van der Waals surface area contributed by atoms with E-state index in [1.165, 1.54) is 5.75 Å². The van der Waals surface area contributed by atoms with Crippen LogP contribution in [0.1, 0.15) is 38.5 Å². The zero-order valence-corrected chi connectivity index (χ0v) is 13.3. The van der Waals surface area contributed by atoms with Crippen molar-refractivity contribution in [3.8, 4) is 0 Å². The fourth-order valence-corrected chi connectivity index (χ4v) is 5.58. The highest BCUT2D eigenvalue weighted by Gasteiger charge is 2.31. The molecule has 3 atom stereocenters. The maximum Gasteiger partial charge on any atom is 0.308 e. The van der Waals surface area contributed by atoms with E-state index >= 15 is 0 Å². The zero-order chi connectivity index (χ0) is 14.4. The molecule has 0 aromatic heterocycles. The first kappa shape index (κ1) is 16.0. The van der Waals surface area contributed by atoms with Gasteiger partial charge in [0, 0.05) is 35.0 Å². The van der Waals surface area contributed by atoms with E-state index in [2.05, 4.69) is 5.32 Å². The summed E-state index contributed by atoms with van der Waals surface area (Å²) in [6.45, 7) is 0. The minimum absolute atomic E-state index is 0.0307. The van der Waals surface area contributed by atoms with Gasteiger partial charge in [-0.15, -0.1) is 0 Å². The molecule has 6 heteroatoms. The summed E-state index contributed by atoms with van der Waals surface area (Å²) in [7, 11) is 0. The molecule has 0 aromatic rings. The van der Waals surface area contributed by atoms with Crippen LogP contribution in [-0.4, -0.2) is 45.5 Å². The molecule has 1 unspecified atom stereocenters. The van der Waals surface area contributed by atoms with E-state index in [-0.39, 0.29) is 11.9 Å². The topological polar surface area (TPSA) is 66.4 Å². The largest absolute Gasteiger partial charge is 0.481 e. The van der Waals surface area contributed by atoms with Crippen LogP contribution in [0.15, 0.2) is 0 Å². The van der Waals surface area contributed by atoms with Gasteiger partial charge >= 0.3 is 5.97 Å². The summed E-state index contributed by atoms with van der Waals surface area (Å²) < 4.78 is 0. The lowest BCUT2D eigenvalue weighted by Crippen LogP contribution is -2.43. The Balaban J connectivity index is 1.85. The lowest BCUT2D eigenvalue weighted by Gasteiger charge is -2.25. The molecule has 0 aromatic carbocycles. The van der Waals surface area contributed by atoms with Crippen LogP contribution in [0.2, 0.25) is 0 Å². The SMILES string of the molecule is O=C(CC1CSCCS1)N[C@H]1CCCCC[C@H]1C(=O)O. The van der Waals surface area contributed by atoms with Crippen LogP contribution in [-0.2, 0) is 9.59 Å². The fraction of sp³-hybridized carbons (Fsp3) is 0.857. The first-order valence-corrected chi connectivity index (χ1v) is 9.58. The van der Waals surface area contributed by atoms with Gasteiger partial charge in [0.05, 0.1) is 5.92 Å². The zero-order valence-electron chi connectivity index (χ0n) is 11.7. The minimum Gasteiger partial charge on any atom is -0.481 e. The Morgan fingerprint density at radius 3 is 2.65 bits per heavy atom. The van der Waals surface area contributed by atoms with E-state index in [1.807, 2.05) is 23.5 Å². The summed E-state index contributed by atoms with van der Waals surface area (Å²) in [5, 5.41) is 12.7. The van der Waals surface area contributed by atoms with Gasteiger partial charge in [-0.2, -0.15) is 23.5 Å². The van der Waals surface area contributed by atoms with Crippen LogP contribution < -0.4 is 5.32 Å². The summed E-state index contributed by atoms with van der Waals surface area (Å²) in [6.07, 6.45) is 5.07. The van der Waals surface area contributed by atoms with Crippen molar-refractivity contribution in [1.29, 1.82) is 0 Å². The van der Waals surface area contributed by atoms with Crippen molar-refractivity contribution in [3.05, 3.63) is 0 Å². The van der Waals surface area contributed by atoms with Crippen LogP contribution in [0.5, 0.6) is 0 Å². The van der Waals surface area contributed by atoms with Gasteiger partial charge in [0.15, 0.2) is 0 Å². The Morgan fingerprint density at radius 1 is 1.15 bits per heavy atom. The van der Waals surface area contributed by atoms with E-state index in [9.17, 15) is 14.7 Å². The van der Waals surface area contributed by atoms with Crippen molar-refractivity contribution in [2.24, 2.45) is 5.92 Å². The highest BCUT2D eigenvalue weighted by molar-refractivity contribution is 8.06. The van der Waals surface area contributed by atoms with Crippen molar-refractivity contribution in [2.45, 2.75) is 49.8 Å². The van der Waals surface area contributed by atoms with Gasteiger partial charge in [-0.25, -0.2) is 0 Å². The van der Waals surface area contributed by atoms with Crippen molar-refractivity contribution < 1.29 is 14.7 Å². The molecule has 4 nitrogen and oxygen atoms in total. The number of carbonyl (C=O) groups excluding carboxylic acids is 1. The van der Waals surface area contributed by atoms with Crippen LogP contribution in [0.4, 0.5) is 0 Å². The molecule has 114 valence electrons. The third-order valence-corrected chi connectivity index (χ3v) is 6.82. The van der Waals surface area contributed by atoms with Gasteiger partial charge < -0.3 is 10.4 Å². The maximum absolute atomic E-state index is 12.1. The molecule has 20 heavy (non-hydrogen) atoms. The standard InChI is InChI=1S/C14H23NO3S2/c16-13(8-10-9-19-6-7-20-10)15-12-5-3-1-2-4-11(12)14(17)18/h10-12H,1-9H2,(H,15,16)(H,17,18)/t10?,11-,12+/m1/s1. The minimum atomic E-state index is -0.764. The van der Waals surface area contributed by atoms with E-state index in [1.54, 1.807) is 0 Å². The maximum atomic E-state index is 12.1. The van der Waals surface area contributed by atoms with Gasteiger partial charge in [0.25, 0.3) is 0 Å². The fourth-order valence-electron chi connectivity index (χ4n) is 2.90. The molecule has 1 aliphatic heterocycles. The molecule has 2 aliphatic rings. The molecule has 2 fully saturated rings. The van der Waals surface area contributed by atoms with Crippen LogP contribution in [0.3, 0.4) is 0 Å². The predicted octanol–water partition coefficient (Wildman–Crippen LogP) is 2.37. The number of aliphatic carboxylic acids is 1. The van der Waals surface area contributed by atoms with E-state index in [0.29, 0.717) is 18.1 Å². The van der Waals surface area contributed by atoms with Gasteiger partial charge in [0.2, 0.25) is 5.91 Å². The van der Waals surface area contributed by atoms with E-state index < -0.39 is 11.9 Å². The summed E-state index contributed by atoms with van der Waals surface area (Å²) in [5.74, 6) is 2.18. The number of hydrogen-bond acceptors (Lipinski definition) is 4. The molecule has 0 spiro atoms. The van der Waals surface area contributed by atoms with Gasteiger partial charge in [0.1, 0.15) is 0 Å². The van der Waals surface area contributed by atoms with E-state index in [4.69, 9.17) is 0 Å². The van der Waals surface area contributed by atoms with Gasteiger partial charge in [-0.05, 0) is 12.8 Å². The van der Waals surface area contributed by atoms with Crippen molar-refractivity contribution in [2.75, 3.05) is 17.3 Å². The highest BCUT2D eigenvalue weighted by atomic mass is 32.2. The number of hydrogen-bond donors (Lipinski definition) is 2. The molecule has 1 amide bonds. The Bertz CT molecular complexity index is 345. The molecule has 1 saturated heterocycles. The lowest BCUT2D eigenvalue weighted by atomic mass is 9.94. The number of thioether (sulfide) groups is 2. The molecule has 0 bridgehead atoms. The van der Waals surface area contributed by atoms with Crippen molar-refractivity contribution in [1.82, 2.24) is 5.32 Å². The second kappa shape index (κ2) is 8.17. The molecule has 1 heterocycles. The number of amides is 1. The number of rotatable bonds is 4. The number of carboxylic acids is 1. The first-order valence-electron chi connectivity index (χ1n) is 7.38. The summed E-state index contributed by atoms with van der Waals surface area (Å²) >= 11 is 3.77. The smallest absolute Gasteiger partial charge is 0.308 e. The Labute approximate surface area is 128 Å². The monoisotopic (exact) mass is 317 g/mol. The quantitative estimate of drug-likeness (QED) is 0.779. The summed E-state index contributed by atoms with van der Waals surface area (Å²) in [5.41, 5.74) is 0. The molecular weight excluding hydrogens is 294 g/mol. The van der Waals surface area contributed by atoms with Crippen molar-refractivity contribution >= 4 is 35.4 Å². The van der Waals surface area contributed by atoms with Crippen molar-refractivity contribution in [3.63, 3.8) is 0 Å².